The highest BCUT2D eigenvalue weighted by atomic mass is 31.1. The lowest BCUT2D eigenvalue weighted by molar-refractivity contribution is 0.525. The molecule has 0 atom stereocenters. The number of hydrogen-bond acceptors (Lipinski definition) is 2. The van der Waals surface area contributed by atoms with Crippen LogP contribution in [0.3, 0.4) is 0 Å². The molecule has 0 saturated heterocycles. The van der Waals surface area contributed by atoms with Gasteiger partial charge in [0.2, 0.25) is 0 Å². The van der Waals surface area contributed by atoms with Crippen LogP contribution in [0.2, 0.25) is 0 Å². The average molecular weight is 158 g/mol. The predicted molar refractivity (Wildman–Crippen MR) is 38.3 cm³/mol. The van der Waals surface area contributed by atoms with Crippen LogP contribution in [0.15, 0.2) is 30.3 Å². The maximum Gasteiger partial charge on any atom is 0.395 e. The fourth-order valence-corrected chi connectivity index (χ4v) is 0.732. The molecule has 1 rings (SSSR count). The van der Waals surface area contributed by atoms with Crippen LogP contribution >= 0.6 is 8.69 Å². The molecule has 0 amide bonds. The summed E-state index contributed by atoms with van der Waals surface area (Å²) in [7, 11) is -0.305. The lowest BCUT2D eigenvalue weighted by atomic mass is 10.3. The van der Waals surface area contributed by atoms with Crippen LogP contribution in [0.4, 0.5) is 0 Å². The fourth-order valence-electron chi connectivity index (χ4n) is 0.524. The monoisotopic (exact) mass is 158 g/mol. The van der Waals surface area contributed by atoms with E-state index in [1.54, 1.807) is 12.1 Å². The minimum absolute atomic E-state index is 0. The molecule has 0 aliphatic heterocycles. The van der Waals surface area contributed by atoms with E-state index in [0.717, 1.165) is 0 Å². The zero-order valence-corrected chi connectivity index (χ0v) is 6.04. The Morgan fingerprint density at radius 2 is 1.80 bits per heavy atom. The lowest BCUT2D eigenvalue weighted by Gasteiger charge is -1.90. The first-order valence-corrected chi connectivity index (χ1v) is 3.21. The Labute approximate surface area is 60.2 Å². The summed E-state index contributed by atoms with van der Waals surface area (Å²) in [6.07, 6.45) is 0. The van der Waals surface area contributed by atoms with Crippen LogP contribution in [-0.4, -0.2) is 5.48 Å². The van der Waals surface area contributed by atoms with Gasteiger partial charge < -0.3 is 10.00 Å². The van der Waals surface area contributed by atoms with E-state index >= 15 is 0 Å². The summed E-state index contributed by atoms with van der Waals surface area (Å²) < 4.78 is 14.5. The van der Waals surface area contributed by atoms with Crippen molar-refractivity contribution in [1.82, 2.24) is 0 Å². The van der Waals surface area contributed by atoms with E-state index in [0.29, 0.717) is 5.75 Å². The van der Waals surface area contributed by atoms with E-state index in [-0.39, 0.29) is 14.2 Å². The molecule has 0 aliphatic rings. The summed E-state index contributed by atoms with van der Waals surface area (Å²) in [5.74, 6) is 0.620. The Morgan fingerprint density at radius 3 is 2.30 bits per heavy atom. The van der Waals surface area contributed by atoms with Gasteiger partial charge in [-0.15, -0.1) is 0 Å². The molecular weight excluding hydrogens is 151 g/mol. The lowest BCUT2D eigenvalue weighted by Crippen LogP contribution is -1.70. The smallest absolute Gasteiger partial charge is 0.395 e. The van der Waals surface area contributed by atoms with Gasteiger partial charge in [0.25, 0.3) is 0 Å². The molecule has 0 fully saturated rings. The van der Waals surface area contributed by atoms with E-state index in [1.807, 2.05) is 18.2 Å². The van der Waals surface area contributed by atoms with E-state index in [2.05, 4.69) is 4.52 Å². The van der Waals surface area contributed by atoms with Crippen molar-refractivity contribution in [3.63, 3.8) is 0 Å². The van der Waals surface area contributed by atoms with Gasteiger partial charge in [-0.3, -0.25) is 0 Å². The van der Waals surface area contributed by atoms with Gasteiger partial charge in [-0.05, 0) is 12.1 Å². The first kappa shape index (κ1) is 9.08. The molecule has 0 saturated carbocycles. The summed E-state index contributed by atoms with van der Waals surface area (Å²) in [5, 5.41) is 0. The molecule has 4 heteroatoms. The number of para-hydroxylation sites is 1. The van der Waals surface area contributed by atoms with Crippen molar-refractivity contribution in [2.24, 2.45) is 0 Å². The Balaban J connectivity index is 0.000000810. The Hall–Kier alpha value is -0.920. The summed E-state index contributed by atoms with van der Waals surface area (Å²) in [6, 6.07) is 8.99. The van der Waals surface area contributed by atoms with Crippen molar-refractivity contribution in [2.75, 3.05) is 0 Å². The molecule has 3 nitrogen and oxygen atoms in total. The second-order valence-corrected chi connectivity index (χ2v) is 1.81. The van der Waals surface area contributed by atoms with Crippen molar-refractivity contribution < 1.29 is 14.6 Å². The molecule has 0 heterocycles. The van der Waals surface area contributed by atoms with Crippen molar-refractivity contribution in [1.29, 1.82) is 0 Å². The van der Waals surface area contributed by atoms with E-state index in [1.165, 1.54) is 0 Å². The molecule has 0 radical (unpaired) electrons. The van der Waals surface area contributed by atoms with Gasteiger partial charge in [-0.2, -0.15) is 0 Å². The first-order chi connectivity index (χ1) is 4.43. The van der Waals surface area contributed by atoms with Crippen LogP contribution in [-0.2, 0) is 4.57 Å². The zero-order valence-electron chi connectivity index (χ0n) is 5.15. The highest BCUT2D eigenvalue weighted by molar-refractivity contribution is 7.17. The van der Waals surface area contributed by atoms with Crippen molar-refractivity contribution in [3.8, 4) is 5.75 Å². The van der Waals surface area contributed by atoms with Crippen LogP contribution in [0, 0.1) is 0 Å². The third kappa shape index (κ3) is 2.58. The van der Waals surface area contributed by atoms with Crippen molar-refractivity contribution in [2.45, 2.75) is 0 Å². The maximum absolute atomic E-state index is 9.85. The van der Waals surface area contributed by atoms with Gasteiger partial charge in [-0.25, -0.2) is 4.57 Å². The molecule has 1 aromatic carbocycles. The quantitative estimate of drug-likeness (QED) is 0.611. The molecule has 54 valence electrons. The second-order valence-electron chi connectivity index (χ2n) is 1.48. The number of hydrogen-bond donors (Lipinski definition) is 0. The Morgan fingerprint density at radius 1 is 1.20 bits per heavy atom. The van der Waals surface area contributed by atoms with E-state index < -0.39 is 0 Å². The molecule has 0 bridgehead atoms. The summed E-state index contributed by atoms with van der Waals surface area (Å²) in [4.78, 5) is 0. The first-order valence-electron chi connectivity index (χ1n) is 2.48. The zero-order chi connectivity index (χ0) is 6.53. The maximum atomic E-state index is 9.85. The molecule has 10 heavy (non-hydrogen) atoms. The number of rotatable bonds is 2. The predicted octanol–water partition coefficient (Wildman–Crippen LogP) is 1.45. The summed E-state index contributed by atoms with van der Waals surface area (Å²) >= 11 is 0. The Kier molecular flexibility index (Phi) is 4.46. The normalized spacial score (nSPS) is 8.40. The molecule has 0 aromatic heterocycles. The topological polar surface area (TPSA) is 57.8 Å². The molecule has 0 aliphatic carbocycles. The minimum atomic E-state index is -0.305. The van der Waals surface area contributed by atoms with E-state index in [9.17, 15) is 4.57 Å². The van der Waals surface area contributed by atoms with Crippen molar-refractivity contribution >= 4 is 8.69 Å². The highest BCUT2D eigenvalue weighted by Gasteiger charge is 1.85. The minimum Gasteiger partial charge on any atom is -0.412 e. The molecule has 0 unspecified atom stereocenters. The fraction of sp³-hybridized carbons (Fsp3) is 0. The van der Waals surface area contributed by atoms with Gasteiger partial charge in [0.05, 0.1) is 0 Å². The van der Waals surface area contributed by atoms with Crippen LogP contribution in [0.25, 0.3) is 0 Å². The third-order valence-electron chi connectivity index (χ3n) is 0.886. The van der Waals surface area contributed by atoms with Gasteiger partial charge >= 0.3 is 8.69 Å². The average Bonchev–Trinajstić information content (AvgIpc) is 1.91. The van der Waals surface area contributed by atoms with Gasteiger partial charge in [0.1, 0.15) is 5.75 Å². The Bertz CT molecular complexity index is 187. The third-order valence-corrected chi connectivity index (χ3v) is 1.17. The number of benzene rings is 1. The van der Waals surface area contributed by atoms with Gasteiger partial charge in [0, 0.05) is 0 Å². The SMILES string of the molecule is O.O=POc1ccccc1. The van der Waals surface area contributed by atoms with Crippen molar-refractivity contribution in [3.05, 3.63) is 30.3 Å². The largest absolute Gasteiger partial charge is 0.412 e. The highest BCUT2D eigenvalue weighted by Crippen LogP contribution is 2.12. The van der Waals surface area contributed by atoms with Gasteiger partial charge in [0.15, 0.2) is 0 Å². The molecule has 1 aromatic rings. The second kappa shape index (κ2) is 4.91. The van der Waals surface area contributed by atoms with Gasteiger partial charge in [-0.1, -0.05) is 18.2 Å². The van der Waals surface area contributed by atoms with E-state index in [4.69, 9.17) is 0 Å². The summed E-state index contributed by atoms with van der Waals surface area (Å²) in [6.45, 7) is 0. The standard InChI is InChI=1S/C6H5O2P.H2O/c7-9-8-6-4-2-1-3-5-6;/h1-5H;1H2. The summed E-state index contributed by atoms with van der Waals surface area (Å²) in [5.41, 5.74) is 0. The molecule has 2 N–H and O–H groups in total. The van der Waals surface area contributed by atoms with Crippen LogP contribution in [0.5, 0.6) is 5.75 Å². The van der Waals surface area contributed by atoms with Crippen LogP contribution < -0.4 is 4.52 Å². The van der Waals surface area contributed by atoms with Crippen LogP contribution in [0.1, 0.15) is 0 Å². The molecule has 0 spiro atoms. The molecular formula is C6H7O3P.